The monoisotopic (exact) mass is 367 g/mol. The first kappa shape index (κ1) is 16.1. The number of nitrogens with one attached hydrogen (secondary N) is 2. The van der Waals surface area contributed by atoms with Crippen molar-refractivity contribution < 1.29 is 4.79 Å². The van der Waals surface area contributed by atoms with Gasteiger partial charge in [-0.05, 0) is 24.3 Å². The number of aromatic amines is 1. The van der Waals surface area contributed by atoms with Crippen molar-refractivity contribution in [3.8, 4) is 11.4 Å². The summed E-state index contributed by atoms with van der Waals surface area (Å²) in [6, 6.07) is 10.5. The summed E-state index contributed by atoms with van der Waals surface area (Å²) < 4.78 is 1.62. The molecule has 2 aromatic heterocycles. The minimum Gasteiger partial charge on any atom is -0.366 e. The van der Waals surface area contributed by atoms with Crippen LogP contribution < -0.4 is 11.1 Å². The standard InChI is InChI=1S/C17H14ClN7O/c1-25-17(21-13-7-6-12-11(14(13)18)8-20-23-12)22-16(24-25)10-4-2-9(3-5-10)15(19)26/h2-8H,1H3,(H2,19,26)(H,20,23)(H,21,22,24). The third-order valence-electron chi connectivity index (χ3n) is 4.00. The van der Waals surface area contributed by atoms with Crippen LogP contribution in [0, 0.1) is 0 Å². The first-order valence-electron chi connectivity index (χ1n) is 7.73. The van der Waals surface area contributed by atoms with E-state index in [1.807, 2.05) is 12.1 Å². The van der Waals surface area contributed by atoms with Crippen LogP contribution in [0.1, 0.15) is 10.4 Å². The number of nitrogens with zero attached hydrogens (tertiary/aromatic N) is 4. The van der Waals surface area contributed by atoms with Crippen LogP contribution in [0.4, 0.5) is 11.6 Å². The molecule has 0 fully saturated rings. The number of fused-ring (bicyclic) bond motifs is 1. The van der Waals surface area contributed by atoms with Gasteiger partial charge in [0.05, 0.1) is 22.4 Å². The Bertz CT molecular complexity index is 1110. The van der Waals surface area contributed by atoms with Crippen LogP contribution in [0.2, 0.25) is 5.02 Å². The van der Waals surface area contributed by atoms with Crippen molar-refractivity contribution in [1.29, 1.82) is 0 Å². The zero-order valence-electron chi connectivity index (χ0n) is 13.7. The minimum absolute atomic E-state index is 0.434. The average molecular weight is 368 g/mol. The number of H-pyrrole nitrogens is 1. The van der Waals surface area contributed by atoms with Crippen LogP contribution >= 0.6 is 11.6 Å². The highest BCUT2D eigenvalue weighted by Gasteiger charge is 2.13. The molecule has 0 aliphatic rings. The zero-order chi connectivity index (χ0) is 18.3. The Morgan fingerprint density at radius 2 is 2.00 bits per heavy atom. The van der Waals surface area contributed by atoms with Gasteiger partial charge in [-0.3, -0.25) is 9.89 Å². The Kier molecular flexibility index (Phi) is 3.81. The molecule has 4 N–H and O–H groups in total. The number of nitrogens with two attached hydrogens (primary N) is 1. The second kappa shape index (κ2) is 6.16. The molecule has 0 aliphatic heterocycles. The molecule has 0 saturated heterocycles. The number of amides is 1. The smallest absolute Gasteiger partial charge is 0.248 e. The molecule has 4 rings (SSSR count). The van der Waals surface area contributed by atoms with Gasteiger partial charge in [-0.15, -0.1) is 5.10 Å². The maximum absolute atomic E-state index is 11.2. The fraction of sp³-hybridized carbons (Fsp3) is 0.0588. The zero-order valence-corrected chi connectivity index (χ0v) is 14.4. The summed E-state index contributed by atoms with van der Waals surface area (Å²) in [5.41, 5.74) is 8.02. The van der Waals surface area contributed by atoms with Crippen molar-refractivity contribution in [3.05, 3.63) is 53.2 Å². The second-order valence-electron chi connectivity index (χ2n) is 5.71. The molecule has 2 heterocycles. The number of carbonyl (C=O) groups excluding carboxylic acids is 1. The highest BCUT2D eigenvalue weighted by atomic mass is 35.5. The van der Waals surface area contributed by atoms with Crippen LogP contribution in [-0.4, -0.2) is 30.9 Å². The van der Waals surface area contributed by atoms with E-state index in [2.05, 4.69) is 25.6 Å². The maximum Gasteiger partial charge on any atom is 0.248 e. The van der Waals surface area contributed by atoms with Crippen LogP contribution in [-0.2, 0) is 7.05 Å². The molecule has 130 valence electrons. The van der Waals surface area contributed by atoms with Gasteiger partial charge in [0.2, 0.25) is 11.9 Å². The van der Waals surface area contributed by atoms with Crippen molar-refractivity contribution >= 4 is 40.0 Å². The third-order valence-corrected chi connectivity index (χ3v) is 4.40. The van der Waals surface area contributed by atoms with Gasteiger partial charge in [0, 0.05) is 23.6 Å². The van der Waals surface area contributed by atoms with E-state index in [1.165, 1.54) is 0 Å². The Morgan fingerprint density at radius 3 is 2.73 bits per heavy atom. The first-order chi connectivity index (χ1) is 12.5. The molecule has 1 amide bonds. The quantitative estimate of drug-likeness (QED) is 0.513. The van der Waals surface area contributed by atoms with Crippen molar-refractivity contribution in [2.75, 3.05) is 5.32 Å². The Labute approximate surface area is 153 Å². The van der Waals surface area contributed by atoms with Crippen LogP contribution in [0.3, 0.4) is 0 Å². The lowest BCUT2D eigenvalue weighted by Crippen LogP contribution is -2.10. The van der Waals surface area contributed by atoms with E-state index in [0.717, 1.165) is 16.5 Å². The number of primary amides is 1. The number of aromatic nitrogens is 5. The van der Waals surface area contributed by atoms with Crippen LogP contribution in [0.25, 0.3) is 22.3 Å². The number of carbonyl (C=O) groups is 1. The number of halogens is 1. The molecule has 0 radical (unpaired) electrons. The molecule has 4 aromatic rings. The van der Waals surface area contributed by atoms with Crippen molar-refractivity contribution in [2.24, 2.45) is 12.8 Å². The fourth-order valence-corrected chi connectivity index (χ4v) is 2.86. The van der Waals surface area contributed by atoms with Crippen molar-refractivity contribution in [1.82, 2.24) is 25.0 Å². The van der Waals surface area contributed by atoms with Crippen molar-refractivity contribution in [2.45, 2.75) is 0 Å². The van der Waals surface area contributed by atoms with E-state index in [4.69, 9.17) is 17.3 Å². The number of anilines is 2. The molecule has 2 aromatic carbocycles. The number of rotatable bonds is 4. The van der Waals surface area contributed by atoms with Crippen LogP contribution in [0.15, 0.2) is 42.6 Å². The predicted octanol–water partition coefficient (Wildman–Crippen LogP) is 2.85. The summed E-state index contributed by atoms with van der Waals surface area (Å²) in [7, 11) is 1.78. The number of hydrogen-bond donors (Lipinski definition) is 3. The molecular weight excluding hydrogens is 354 g/mol. The first-order valence-corrected chi connectivity index (χ1v) is 8.10. The van der Waals surface area contributed by atoms with E-state index in [9.17, 15) is 4.79 Å². The summed E-state index contributed by atoms with van der Waals surface area (Å²) >= 11 is 6.43. The maximum atomic E-state index is 11.2. The van der Waals surface area contributed by atoms with E-state index < -0.39 is 5.91 Å². The molecule has 0 aliphatic carbocycles. The largest absolute Gasteiger partial charge is 0.366 e. The van der Waals surface area contributed by atoms with Gasteiger partial charge in [0.1, 0.15) is 0 Å². The molecule has 0 atom stereocenters. The summed E-state index contributed by atoms with van der Waals surface area (Å²) in [4.78, 5) is 15.7. The number of benzene rings is 2. The lowest BCUT2D eigenvalue weighted by Gasteiger charge is -2.07. The Hall–Kier alpha value is -3.39. The third kappa shape index (κ3) is 2.76. The average Bonchev–Trinajstić information content (AvgIpc) is 3.25. The topological polar surface area (TPSA) is 115 Å². The Balaban J connectivity index is 1.65. The molecule has 0 saturated carbocycles. The molecule has 0 unspecified atom stereocenters. The lowest BCUT2D eigenvalue weighted by atomic mass is 10.1. The van der Waals surface area contributed by atoms with Gasteiger partial charge in [0.15, 0.2) is 5.82 Å². The molecule has 8 nitrogen and oxygen atoms in total. The highest BCUT2D eigenvalue weighted by Crippen LogP contribution is 2.31. The van der Waals surface area contributed by atoms with E-state index in [1.54, 1.807) is 42.2 Å². The van der Waals surface area contributed by atoms with Gasteiger partial charge in [-0.2, -0.15) is 10.1 Å². The van der Waals surface area contributed by atoms with Crippen LogP contribution in [0.5, 0.6) is 0 Å². The number of aryl methyl sites for hydroxylation is 1. The molecule has 0 spiro atoms. The molecule has 9 heteroatoms. The highest BCUT2D eigenvalue weighted by molar-refractivity contribution is 6.38. The molecular formula is C17H14ClN7O. The molecule has 26 heavy (non-hydrogen) atoms. The van der Waals surface area contributed by atoms with Crippen molar-refractivity contribution in [3.63, 3.8) is 0 Å². The van der Waals surface area contributed by atoms with Gasteiger partial charge >= 0.3 is 0 Å². The number of hydrogen-bond acceptors (Lipinski definition) is 5. The lowest BCUT2D eigenvalue weighted by molar-refractivity contribution is 0.100. The van der Waals surface area contributed by atoms with Gasteiger partial charge in [-0.1, -0.05) is 23.7 Å². The van der Waals surface area contributed by atoms with Gasteiger partial charge in [-0.25, -0.2) is 4.68 Å². The summed E-state index contributed by atoms with van der Waals surface area (Å²) in [6.07, 6.45) is 1.67. The summed E-state index contributed by atoms with van der Waals surface area (Å²) in [6.45, 7) is 0. The minimum atomic E-state index is -0.475. The van der Waals surface area contributed by atoms with E-state index >= 15 is 0 Å². The SMILES string of the molecule is Cn1nc(-c2ccc(C(N)=O)cc2)nc1Nc1ccc2[nH]ncc2c1Cl. The van der Waals surface area contributed by atoms with Gasteiger partial charge in [0.25, 0.3) is 0 Å². The van der Waals surface area contributed by atoms with E-state index in [-0.39, 0.29) is 0 Å². The van der Waals surface area contributed by atoms with Gasteiger partial charge < -0.3 is 11.1 Å². The summed E-state index contributed by atoms with van der Waals surface area (Å²) in [5.74, 6) is 0.576. The fourth-order valence-electron chi connectivity index (χ4n) is 2.60. The normalized spacial score (nSPS) is 11.0. The summed E-state index contributed by atoms with van der Waals surface area (Å²) in [5, 5.41) is 15.8. The Morgan fingerprint density at radius 1 is 1.23 bits per heavy atom. The predicted molar refractivity (Wildman–Crippen MR) is 99.3 cm³/mol. The molecule has 0 bridgehead atoms. The second-order valence-corrected chi connectivity index (χ2v) is 6.09. The van der Waals surface area contributed by atoms with E-state index in [0.29, 0.717) is 28.0 Å².